The lowest BCUT2D eigenvalue weighted by Crippen LogP contribution is -2.37. The molecule has 6 heteroatoms. The summed E-state index contributed by atoms with van der Waals surface area (Å²) in [5.74, 6) is -0.519. The van der Waals surface area contributed by atoms with Crippen LogP contribution >= 0.6 is 11.6 Å². The predicted octanol–water partition coefficient (Wildman–Crippen LogP) is 5.83. The predicted molar refractivity (Wildman–Crippen MR) is 146 cm³/mol. The smallest absolute Gasteiger partial charge is 0.333 e. The van der Waals surface area contributed by atoms with Crippen LogP contribution in [0.1, 0.15) is 16.7 Å². The number of carbonyl (C=O) groups excluding carboxylic acids is 1. The summed E-state index contributed by atoms with van der Waals surface area (Å²) in [5.41, 5.74) is 8.50. The Bertz CT molecular complexity index is 1270. The van der Waals surface area contributed by atoms with Gasteiger partial charge in [-0.3, -0.25) is 0 Å². The second kappa shape index (κ2) is 13.2. The molecule has 190 valence electrons. The van der Waals surface area contributed by atoms with E-state index in [-0.39, 0.29) is 13.2 Å². The minimum absolute atomic E-state index is 0.229. The summed E-state index contributed by atoms with van der Waals surface area (Å²) in [5, 5.41) is 0.488. The van der Waals surface area contributed by atoms with E-state index in [9.17, 15) is 4.79 Å². The van der Waals surface area contributed by atoms with Gasteiger partial charge in [-0.25, -0.2) is 4.79 Å². The summed E-state index contributed by atoms with van der Waals surface area (Å²) in [4.78, 5) is 13.2. The van der Waals surface area contributed by atoms with Crippen LogP contribution in [0.3, 0.4) is 0 Å². The zero-order valence-corrected chi connectivity index (χ0v) is 21.3. The van der Waals surface area contributed by atoms with Crippen molar-refractivity contribution in [3.05, 3.63) is 131 Å². The van der Waals surface area contributed by atoms with Crippen LogP contribution in [-0.4, -0.2) is 38.9 Å². The van der Waals surface area contributed by atoms with Crippen LogP contribution in [0.15, 0.2) is 109 Å². The highest BCUT2D eigenvalue weighted by Gasteiger charge is 2.42. The van der Waals surface area contributed by atoms with E-state index >= 15 is 0 Å². The number of halogens is 1. The van der Waals surface area contributed by atoms with Gasteiger partial charge in [0.15, 0.2) is 5.60 Å². The molecule has 0 saturated heterocycles. The number of esters is 1. The molecule has 2 N–H and O–H groups in total. The number of hydrogen-bond acceptors (Lipinski definition) is 5. The normalized spacial score (nSPS) is 12.6. The van der Waals surface area contributed by atoms with Gasteiger partial charge in [0.2, 0.25) is 0 Å². The van der Waals surface area contributed by atoms with E-state index in [1.54, 1.807) is 6.07 Å². The minimum atomic E-state index is -1.29. The first-order valence-corrected chi connectivity index (χ1v) is 12.6. The van der Waals surface area contributed by atoms with Crippen molar-refractivity contribution in [2.45, 2.75) is 5.60 Å². The van der Waals surface area contributed by atoms with Crippen LogP contribution in [0, 0.1) is 0 Å². The Hall–Kier alpha value is -3.48. The fourth-order valence-electron chi connectivity index (χ4n) is 4.26. The first-order valence-electron chi connectivity index (χ1n) is 12.2. The molecule has 0 spiro atoms. The van der Waals surface area contributed by atoms with Crippen molar-refractivity contribution in [1.29, 1.82) is 0 Å². The van der Waals surface area contributed by atoms with Crippen LogP contribution in [-0.2, 0) is 24.6 Å². The monoisotopic (exact) mass is 515 g/mol. The molecule has 5 nitrogen and oxygen atoms in total. The Kier molecular flexibility index (Phi) is 9.46. The standard InChI is InChI=1S/C31H30ClNO4/c32-29-14-8-7-13-28(29)31(26-11-5-2-6-12-26,37-30(34)23-36-22-21-35-20-19-33)27-17-15-25(16-18-27)24-9-3-1-4-10-24/h1-18H,19-23,33H2. The molecule has 0 heterocycles. The molecule has 1 unspecified atom stereocenters. The summed E-state index contributed by atoms with van der Waals surface area (Å²) in [6.45, 7) is 1.25. The third-order valence-electron chi connectivity index (χ3n) is 5.95. The Morgan fingerprint density at radius 2 is 1.24 bits per heavy atom. The lowest BCUT2D eigenvalue weighted by Gasteiger charge is -2.36. The van der Waals surface area contributed by atoms with E-state index in [0.717, 1.165) is 22.3 Å². The molecule has 0 aliphatic rings. The van der Waals surface area contributed by atoms with E-state index in [0.29, 0.717) is 30.3 Å². The van der Waals surface area contributed by atoms with E-state index in [1.807, 2.05) is 91.0 Å². The van der Waals surface area contributed by atoms with Crippen LogP contribution in [0.25, 0.3) is 11.1 Å². The molecule has 4 aromatic carbocycles. The number of hydrogen-bond donors (Lipinski definition) is 1. The average molecular weight is 516 g/mol. The van der Waals surface area contributed by atoms with E-state index < -0.39 is 11.6 Å². The Morgan fingerprint density at radius 1 is 0.676 bits per heavy atom. The van der Waals surface area contributed by atoms with Crippen molar-refractivity contribution in [3.63, 3.8) is 0 Å². The van der Waals surface area contributed by atoms with Gasteiger partial charge < -0.3 is 19.9 Å². The first-order chi connectivity index (χ1) is 18.1. The summed E-state index contributed by atoms with van der Waals surface area (Å²) in [6.07, 6.45) is 0. The van der Waals surface area contributed by atoms with E-state index in [4.69, 9.17) is 31.5 Å². The SMILES string of the molecule is NCCOCCOCC(=O)OC(c1ccccc1)(c1ccc(-c2ccccc2)cc1)c1ccccc1Cl. The number of nitrogens with two attached hydrogens (primary N) is 1. The molecule has 37 heavy (non-hydrogen) atoms. The van der Waals surface area contributed by atoms with Crippen molar-refractivity contribution >= 4 is 17.6 Å². The van der Waals surface area contributed by atoms with Gasteiger partial charge in [0, 0.05) is 28.3 Å². The van der Waals surface area contributed by atoms with Gasteiger partial charge in [-0.15, -0.1) is 0 Å². The molecule has 0 aliphatic carbocycles. The summed E-state index contributed by atoms with van der Waals surface area (Å²) >= 11 is 6.74. The molecule has 4 aromatic rings. The largest absolute Gasteiger partial charge is 0.442 e. The fourth-order valence-corrected chi connectivity index (χ4v) is 4.53. The quantitative estimate of drug-likeness (QED) is 0.146. The average Bonchev–Trinajstić information content (AvgIpc) is 2.95. The van der Waals surface area contributed by atoms with Crippen LogP contribution in [0.2, 0.25) is 5.02 Å². The van der Waals surface area contributed by atoms with Crippen molar-refractivity contribution < 1.29 is 19.0 Å². The van der Waals surface area contributed by atoms with Gasteiger partial charge >= 0.3 is 5.97 Å². The summed E-state index contributed by atoms with van der Waals surface area (Å²) < 4.78 is 17.2. The zero-order valence-electron chi connectivity index (χ0n) is 20.5. The second-order valence-electron chi connectivity index (χ2n) is 8.40. The van der Waals surface area contributed by atoms with Gasteiger partial charge in [-0.2, -0.15) is 0 Å². The molecule has 0 bridgehead atoms. The number of benzene rings is 4. The summed E-state index contributed by atoms with van der Waals surface area (Å²) in [7, 11) is 0. The van der Waals surface area contributed by atoms with Gasteiger partial charge in [0.05, 0.1) is 19.8 Å². The third-order valence-corrected chi connectivity index (χ3v) is 6.28. The third kappa shape index (κ3) is 6.45. The number of ether oxygens (including phenoxy) is 3. The molecule has 0 aliphatic heterocycles. The molecular formula is C31H30ClNO4. The Morgan fingerprint density at radius 3 is 1.92 bits per heavy atom. The van der Waals surface area contributed by atoms with Crippen molar-refractivity contribution in [2.75, 3.05) is 33.0 Å². The van der Waals surface area contributed by atoms with Crippen molar-refractivity contribution in [1.82, 2.24) is 0 Å². The van der Waals surface area contributed by atoms with Gasteiger partial charge in [0.1, 0.15) is 6.61 Å². The highest BCUT2D eigenvalue weighted by atomic mass is 35.5. The maximum atomic E-state index is 13.2. The minimum Gasteiger partial charge on any atom is -0.442 e. The van der Waals surface area contributed by atoms with Gasteiger partial charge in [-0.1, -0.05) is 115 Å². The lowest BCUT2D eigenvalue weighted by atomic mass is 9.79. The highest BCUT2D eigenvalue weighted by molar-refractivity contribution is 6.31. The molecule has 0 saturated carbocycles. The molecule has 0 radical (unpaired) electrons. The van der Waals surface area contributed by atoms with Crippen LogP contribution in [0.5, 0.6) is 0 Å². The molecule has 0 fully saturated rings. The lowest BCUT2D eigenvalue weighted by molar-refractivity contribution is -0.159. The molecule has 0 amide bonds. The fraction of sp³-hybridized carbons (Fsp3) is 0.194. The van der Waals surface area contributed by atoms with Crippen molar-refractivity contribution in [3.8, 4) is 11.1 Å². The molecule has 4 rings (SSSR count). The maximum Gasteiger partial charge on any atom is 0.333 e. The summed E-state index contributed by atoms with van der Waals surface area (Å²) in [6, 6.07) is 35.2. The van der Waals surface area contributed by atoms with Crippen LogP contribution in [0.4, 0.5) is 0 Å². The Balaban J connectivity index is 1.74. The van der Waals surface area contributed by atoms with Gasteiger partial charge in [-0.05, 0) is 17.2 Å². The van der Waals surface area contributed by atoms with Gasteiger partial charge in [0.25, 0.3) is 0 Å². The second-order valence-corrected chi connectivity index (χ2v) is 8.81. The number of rotatable bonds is 12. The highest BCUT2D eigenvalue weighted by Crippen LogP contribution is 2.44. The Labute approximate surface area is 222 Å². The molecule has 0 aromatic heterocycles. The van der Waals surface area contributed by atoms with Crippen LogP contribution < -0.4 is 5.73 Å². The molecule has 1 atom stereocenters. The number of carbonyl (C=O) groups is 1. The maximum absolute atomic E-state index is 13.2. The molecular weight excluding hydrogens is 486 g/mol. The van der Waals surface area contributed by atoms with Crippen molar-refractivity contribution in [2.24, 2.45) is 5.73 Å². The first kappa shape index (κ1) is 26.6. The zero-order chi connectivity index (χ0) is 25.9. The van der Waals surface area contributed by atoms with E-state index in [2.05, 4.69) is 12.1 Å². The topological polar surface area (TPSA) is 70.8 Å². The van der Waals surface area contributed by atoms with E-state index in [1.165, 1.54) is 0 Å².